The highest BCUT2D eigenvalue weighted by molar-refractivity contribution is 6.30. The summed E-state index contributed by atoms with van der Waals surface area (Å²) in [4.78, 5) is 0. The molecule has 1 unspecified atom stereocenters. The molecule has 3 heteroatoms. The first kappa shape index (κ1) is 14.0. The highest BCUT2D eigenvalue weighted by Crippen LogP contribution is 2.39. The van der Waals surface area contributed by atoms with Gasteiger partial charge in [0, 0.05) is 17.5 Å². The molecule has 2 nitrogen and oxygen atoms in total. The van der Waals surface area contributed by atoms with Crippen molar-refractivity contribution in [2.24, 2.45) is 11.1 Å². The highest BCUT2D eigenvalue weighted by Gasteiger charge is 2.28. The molecule has 1 aromatic rings. The molecule has 20 heavy (non-hydrogen) atoms. The fourth-order valence-corrected chi connectivity index (χ4v) is 3.85. The third kappa shape index (κ3) is 2.87. The lowest BCUT2D eigenvalue weighted by Crippen LogP contribution is -2.31. The molecule has 1 aromatic carbocycles. The van der Waals surface area contributed by atoms with Gasteiger partial charge in [0.1, 0.15) is 5.75 Å². The van der Waals surface area contributed by atoms with E-state index in [1.807, 2.05) is 12.1 Å². The summed E-state index contributed by atoms with van der Waals surface area (Å²) < 4.78 is 5.79. The van der Waals surface area contributed by atoms with Crippen LogP contribution < -0.4 is 10.5 Å². The summed E-state index contributed by atoms with van der Waals surface area (Å²) in [5, 5.41) is 0.809. The van der Waals surface area contributed by atoms with Crippen molar-refractivity contribution in [2.45, 2.75) is 45.6 Å². The van der Waals surface area contributed by atoms with Crippen molar-refractivity contribution in [3.05, 3.63) is 39.9 Å². The summed E-state index contributed by atoms with van der Waals surface area (Å²) in [5.74, 6) is 1.05. The van der Waals surface area contributed by atoms with Gasteiger partial charge < -0.3 is 10.5 Å². The molecule has 2 N–H and O–H groups in total. The lowest BCUT2D eigenvalue weighted by atomic mass is 9.74. The minimum atomic E-state index is 0.168. The van der Waals surface area contributed by atoms with E-state index in [0.717, 1.165) is 43.1 Å². The Kier molecular flexibility index (Phi) is 3.55. The first-order valence-electron chi connectivity index (χ1n) is 7.32. The number of hydrogen-bond acceptors (Lipinski definition) is 2. The second-order valence-electron chi connectivity index (χ2n) is 6.86. The third-order valence-electron chi connectivity index (χ3n) is 4.19. The maximum absolute atomic E-state index is 6.23. The Labute approximate surface area is 126 Å². The maximum atomic E-state index is 6.23. The summed E-state index contributed by atoms with van der Waals surface area (Å²) in [6.07, 6.45) is 6.25. The predicted octanol–water partition coefficient (Wildman–Crippen LogP) is 3.89. The maximum Gasteiger partial charge on any atom is 0.126 e. The summed E-state index contributed by atoms with van der Waals surface area (Å²) in [5.41, 5.74) is 10.3. The van der Waals surface area contributed by atoms with Gasteiger partial charge in [0.15, 0.2) is 0 Å². The van der Waals surface area contributed by atoms with Crippen LogP contribution in [0.15, 0.2) is 23.8 Å². The van der Waals surface area contributed by atoms with E-state index in [1.54, 1.807) is 0 Å². The van der Waals surface area contributed by atoms with Crippen molar-refractivity contribution in [1.29, 1.82) is 0 Å². The molecule has 0 saturated heterocycles. The smallest absolute Gasteiger partial charge is 0.126 e. The number of allylic oxidation sites excluding steroid dienone is 1. The van der Waals surface area contributed by atoms with E-state index in [4.69, 9.17) is 22.1 Å². The first-order valence-corrected chi connectivity index (χ1v) is 7.70. The number of ether oxygens (including phenoxy) is 1. The van der Waals surface area contributed by atoms with E-state index in [2.05, 4.69) is 19.9 Å². The van der Waals surface area contributed by atoms with Gasteiger partial charge >= 0.3 is 0 Å². The van der Waals surface area contributed by atoms with Crippen LogP contribution in [0.25, 0.3) is 0 Å². The van der Waals surface area contributed by atoms with Gasteiger partial charge in [0.25, 0.3) is 0 Å². The summed E-state index contributed by atoms with van der Waals surface area (Å²) >= 11 is 6.23. The van der Waals surface area contributed by atoms with Crippen molar-refractivity contribution < 1.29 is 4.74 Å². The Morgan fingerprint density at radius 3 is 2.95 bits per heavy atom. The monoisotopic (exact) mass is 291 g/mol. The van der Waals surface area contributed by atoms with Crippen LogP contribution in [-0.4, -0.2) is 12.6 Å². The van der Waals surface area contributed by atoms with Crippen LogP contribution in [0.2, 0.25) is 5.02 Å². The van der Waals surface area contributed by atoms with E-state index in [0.29, 0.717) is 0 Å². The molecule has 0 spiro atoms. The Bertz CT molecular complexity index is 562. The normalized spacial score (nSPS) is 24.0. The number of rotatable bonds is 2. The number of halogens is 1. The molecule has 2 aliphatic rings. The van der Waals surface area contributed by atoms with Gasteiger partial charge in [-0.3, -0.25) is 0 Å². The van der Waals surface area contributed by atoms with E-state index < -0.39 is 0 Å². The molecule has 1 aliphatic heterocycles. The zero-order valence-electron chi connectivity index (χ0n) is 12.2. The van der Waals surface area contributed by atoms with E-state index in [-0.39, 0.29) is 11.5 Å². The Hall–Kier alpha value is -0.990. The van der Waals surface area contributed by atoms with Crippen LogP contribution in [0.4, 0.5) is 0 Å². The van der Waals surface area contributed by atoms with Crippen LogP contribution in [0.1, 0.15) is 37.8 Å². The van der Waals surface area contributed by atoms with Crippen LogP contribution in [0, 0.1) is 5.41 Å². The molecule has 108 valence electrons. The van der Waals surface area contributed by atoms with Gasteiger partial charge in [-0.15, -0.1) is 0 Å². The molecule has 0 radical (unpaired) electrons. The minimum Gasteiger partial charge on any atom is -0.493 e. The molecule has 1 aliphatic carbocycles. The lowest BCUT2D eigenvalue weighted by molar-refractivity contribution is 0.299. The summed E-state index contributed by atoms with van der Waals surface area (Å²) in [7, 11) is 0. The number of nitrogens with two attached hydrogens (primary N) is 1. The molecular formula is C17H22ClNO. The molecule has 0 amide bonds. The standard InChI is InChI=1S/C17H22ClNO/c1-17(2)9-11(6-15(19)10-17)5-13-8-14(18)7-12-3-4-20-16(12)13/h6-8,15H,3-5,9-10,19H2,1-2H3. The van der Waals surface area contributed by atoms with Crippen molar-refractivity contribution >= 4 is 11.6 Å². The fraction of sp³-hybridized carbons (Fsp3) is 0.529. The van der Waals surface area contributed by atoms with E-state index >= 15 is 0 Å². The van der Waals surface area contributed by atoms with E-state index in [9.17, 15) is 0 Å². The van der Waals surface area contributed by atoms with Crippen LogP contribution >= 0.6 is 11.6 Å². The minimum absolute atomic E-state index is 0.168. The topological polar surface area (TPSA) is 35.2 Å². The number of hydrogen-bond donors (Lipinski definition) is 1. The second kappa shape index (κ2) is 5.09. The fourth-order valence-electron chi connectivity index (χ4n) is 3.59. The third-order valence-corrected chi connectivity index (χ3v) is 4.40. The van der Waals surface area contributed by atoms with Crippen LogP contribution in [0.5, 0.6) is 5.75 Å². The largest absolute Gasteiger partial charge is 0.493 e. The van der Waals surface area contributed by atoms with Gasteiger partial charge in [-0.05, 0) is 47.9 Å². The average molecular weight is 292 g/mol. The van der Waals surface area contributed by atoms with Crippen molar-refractivity contribution in [2.75, 3.05) is 6.61 Å². The highest BCUT2D eigenvalue weighted by atomic mass is 35.5. The van der Waals surface area contributed by atoms with Gasteiger partial charge in [-0.1, -0.05) is 37.1 Å². The Balaban J connectivity index is 1.89. The van der Waals surface area contributed by atoms with Gasteiger partial charge in [-0.25, -0.2) is 0 Å². The molecule has 3 rings (SSSR count). The number of benzene rings is 1. The predicted molar refractivity (Wildman–Crippen MR) is 83.4 cm³/mol. The Morgan fingerprint density at radius 2 is 2.20 bits per heavy atom. The SMILES string of the molecule is CC1(C)CC(Cc2cc(Cl)cc3c2OCC3)=CC(N)C1. The second-order valence-corrected chi connectivity index (χ2v) is 7.30. The molecule has 0 fully saturated rings. The van der Waals surface area contributed by atoms with Gasteiger partial charge in [-0.2, -0.15) is 0 Å². The van der Waals surface area contributed by atoms with E-state index in [1.165, 1.54) is 16.7 Å². The zero-order chi connectivity index (χ0) is 14.3. The van der Waals surface area contributed by atoms with Gasteiger partial charge in [0.05, 0.1) is 6.61 Å². The molecule has 1 atom stereocenters. The summed E-state index contributed by atoms with van der Waals surface area (Å²) in [6, 6.07) is 4.24. The number of fused-ring (bicyclic) bond motifs is 1. The van der Waals surface area contributed by atoms with Crippen LogP contribution in [-0.2, 0) is 12.8 Å². The molecule has 1 heterocycles. The van der Waals surface area contributed by atoms with Crippen molar-refractivity contribution in [1.82, 2.24) is 0 Å². The van der Waals surface area contributed by atoms with Crippen LogP contribution in [0.3, 0.4) is 0 Å². The first-order chi connectivity index (χ1) is 9.43. The van der Waals surface area contributed by atoms with Gasteiger partial charge in [0.2, 0.25) is 0 Å². The molecule has 0 aromatic heterocycles. The van der Waals surface area contributed by atoms with Crippen molar-refractivity contribution in [3.8, 4) is 5.75 Å². The summed E-state index contributed by atoms with van der Waals surface area (Å²) in [6.45, 7) is 5.35. The van der Waals surface area contributed by atoms with Crippen molar-refractivity contribution in [3.63, 3.8) is 0 Å². The molecule has 0 bridgehead atoms. The quantitative estimate of drug-likeness (QED) is 0.839. The Morgan fingerprint density at radius 1 is 1.40 bits per heavy atom. The molecular weight excluding hydrogens is 270 g/mol. The molecule has 0 saturated carbocycles. The lowest BCUT2D eigenvalue weighted by Gasteiger charge is -2.33. The average Bonchev–Trinajstić information content (AvgIpc) is 2.73. The zero-order valence-corrected chi connectivity index (χ0v) is 13.0.